The molecule has 0 radical (unpaired) electrons. The largest absolute Gasteiger partial charge is 0.371 e. The second-order valence-electron chi connectivity index (χ2n) is 14.7. The lowest BCUT2D eigenvalue weighted by atomic mass is 9.90. The average Bonchev–Trinajstić information content (AvgIpc) is 3.82. The number of piperidine rings is 2. The van der Waals surface area contributed by atoms with Gasteiger partial charge in [0, 0.05) is 42.5 Å². The number of benzene rings is 3. The minimum absolute atomic E-state index is 0.0942. The highest BCUT2D eigenvalue weighted by atomic mass is 16.2. The number of aromatic nitrogens is 2. The zero-order chi connectivity index (χ0) is 35.9. The molecule has 0 bridgehead atoms. The van der Waals surface area contributed by atoms with Crippen LogP contribution in [0.5, 0.6) is 0 Å². The Balaban J connectivity index is 0.814. The Bertz CT molecular complexity index is 2070. The molecule has 268 valence electrons. The van der Waals surface area contributed by atoms with Crippen LogP contribution in [0.1, 0.15) is 94.3 Å². The van der Waals surface area contributed by atoms with E-state index in [1.807, 2.05) is 48.5 Å². The second kappa shape index (κ2) is 14.0. The van der Waals surface area contributed by atoms with Crippen LogP contribution in [0, 0.1) is 5.92 Å². The molecule has 2 atom stereocenters. The summed E-state index contributed by atoms with van der Waals surface area (Å²) in [6.07, 6.45) is 6.67. The third kappa shape index (κ3) is 6.70. The van der Waals surface area contributed by atoms with Crippen molar-refractivity contribution in [3.8, 4) is 0 Å². The zero-order valence-corrected chi connectivity index (χ0v) is 29.3. The number of fused-ring (bicyclic) bond motifs is 2. The number of hydrogen-bond donors (Lipinski definition) is 3. The van der Waals surface area contributed by atoms with E-state index in [2.05, 4.69) is 32.3 Å². The van der Waals surface area contributed by atoms with Crippen molar-refractivity contribution in [1.29, 1.82) is 0 Å². The van der Waals surface area contributed by atoms with Gasteiger partial charge >= 0.3 is 0 Å². The number of hydrogen-bond acceptors (Lipinski definition) is 8. The lowest BCUT2D eigenvalue weighted by Gasteiger charge is -2.34. The summed E-state index contributed by atoms with van der Waals surface area (Å²) in [6.45, 7) is 5.85. The van der Waals surface area contributed by atoms with Gasteiger partial charge in [-0.15, -0.1) is 0 Å². The van der Waals surface area contributed by atoms with Gasteiger partial charge in [-0.1, -0.05) is 12.1 Å². The molecule has 8 rings (SSSR count). The standard InChI is InChI=1S/C40H43N7O5/c1-24-3-2-18-46(24)23-35-42-32-13-10-28(21-33(32)43-35)41-37(49)27-8-6-25(7-9-27)4-5-26-16-19-45(20-17-26)29-11-12-30-31(22-29)40(52)47(39(30)51)34-14-15-36(48)44-38(34)50/h6-13,21-22,24,26,34H,2-5,14-20,23H2,1H3,(H,41,49)(H,42,43)(H,44,48,50)/t24-,34?/m0/s1. The molecule has 5 amide bonds. The van der Waals surface area contributed by atoms with E-state index >= 15 is 0 Å². The molecule has 3 fully saturated rings. The number of H-pyrrole nitrogens is 1. The van der Waals surface area contributed by atoms with Crippen molar-refractivity contribution in [3.05, 3.63) is 88.7 Å². The van der Waals surface area contributed by atoms with Crippen LogP contribution in [-0.4, -0.2) is 81.0 Å². The molecule has 3 saturated heterocycles. The van der Waals surface area contributed by atoms with Crippen LogP contribution in [0.3, 0.4) is 0 Å². The predicted molar refractivity (Wildman–Crippen MR) is 196 cm³/mol. The van der Waals surface area contributed by atoms with E-state index in [0.29, 0.717) is 28.7 Å². The van der Waals surface area contributed by atoms with Crippen LogP contribution in [0.4, 0.5) is 11.4 Å². The van der Waals surface area contributed by atoms with Gasteiger partial charge in [0.2, 0.25) is 11.8 Å². The van der Waals surface area contributed by atoms with Gasteiger partial charge in [-0.2, -0.15) is 0 Å². The van der Waals surface area contributed by atoms with Gasteiger partial charge in [0.15, 0.2) is 0 Å². The van der Waals surface area contributed by atoms with Crippen LogP contribution in [0.25, 0.3) is 11.0 Å². The summed E-state index contributed by atoms with van der Waals surface area (Å²) in [7, 11) is 0. The average molecular weight is 702 g/mol. The Morgan fingerprint density at radius 1 is 0.885 bits per heavy atom. The molecule has 0 aliphatic carbocycles. The van der Waals surface area contributed by atoms with Gasteiger partial charge in [0.05, 0.1) is 28.7 Å². The number of nitrogens with one attached hydrogen (secondary N) is 3. The topological polar surface area (TPSA) is 148 Å². The van der Waals surface area contributed by atoms with E-state index in [0.717, 1.165) is 85.0 Å². The van der Waals surface area contributed by atoms with E-state index in [1.165, 1.54) is 18.4 Å². The number of imide groups is 2. The van der Waals surface area contributed by atoms with Crippen molar-refractivity contribution in [2.24, 2.45) is 5.92 Å². The molecular formula is C40H43N7O5. The highest BCUT2D eigenvalue weighted by Gasteiger charge is 2.44. The molecular weight excluding hydrogens is 658 g/mol. The number of aryl methyl sites for hydroxylation is 1. The van der Waals surface area contributed by atoms with E-state index in [9.17, 15) is 24.0 Å². The summed E-state index contributed by atoms with van der Waals surface area (Å²) in [5.41, 5.74) is 5.84. The number of aromatic amines is 1. The highest BCUT2D eigenvalue weighted by Crippen LogP contribution is 2.33. The first-order valence-corrected chi connectivity index (χ1v) is 18.4. The first-order valence-electron chi connectivity index (χ1n) is 18.4. The Kier molecular flexibility index (Phi) is 9.08. The van der Waals surface area contributed by atoms with Crippen molar-refractivity contribution in [2.45, 2.75) is 76.9 Å². The number of imidazole rings is 1. The number of amides is 5. The Labute approximate surface area is 301 Å². The number of carbonyl (C=O) groups is 5. The van der Waals surface area contributed by atoms with E-state index in [1.54, 1.807) is 12.1 Å². The molecule has 4 aliphatic rings. The van der Waals surface area contributed by atoms with Crippen molar-refractivity contribution >= 4 is 51.9 Å². The van der Waals surface area contributed by atoms with E-state index in [4.69, 9.17) is 4.98 Å². The molecule has 0 saturated carbocycles. The molecule has 0 spiro atoms. The fraction of sp³-hybridized carbons (Fsp3) is 0.400. The van der Waals surface area contributed by atoms with Crippen LogP contribution >= 0.6 is 0 Å². The molecule has 4 aromatic rings. The van der Waals surface area contributed by atoms with Gasteiger partial charge in [0.1, 0.15) is 11.9 Å². The molecule has 4 aliphatic heterocycles. The van der Waals surface area contributed by atoms with Crippen molar-refractivity contribution in [1.82, 2.24) is 25.1 Å². The fourth-order valence-corrected chi connectivity index (χ4v) is 8.17. The third-order valence-corrected chi connectivity index (χ3v) is 11.3. The number of likely N-dealkylation sites (tertiary alicyclic amines) is 1. The molecule has 5 heterocycles. The first kappa shape index (κ1) is 33.8. The number of rotatable bonds is 9. The summed E-state index contributed by atoms with van der Waals surface area (Å²) in [4.78, 5) is 77.3. The lowest BCUT2D eigenvalue weighted by Crippen LogP contribution is -2.54. The van der Waals surface area contributed by atoms with Crippen LogP contribution in [0.15, 0.2) is 60.7 Å². The smallest absolute Gasteiger partial charge is 0.262 e. The molecule has 52 heavy (non-hydrogen) atoms. The quantitative estimate of drug-likeness (QED) is 0.206. The summed E-state index contributed by atoms with van der Waals surface area (Å²) in [5, 5.41) is 5.27. The van der Waals surface area contributed by atoms with Gasteiger partial charge in [-0.3, -0.25) is 39.1 Å². The third-order valence-electron chi connectivity index (χ3n) is 11.3. The summed E-state index contributed by atoms with van der Waals surface area (Å²) in [5.74, 6) is -0.616. The van der Waals surface area contributed by atoms with Crippen LogP contribution in [-0.2, 0) is 22.6 Å². The Morgan fingerprint density at radius 3 is 2.42 bits per heavy atom. The molecule has 1 unspecified atom stereocenters. The molecule has 3 aromatic carbocycles. The van der Waals surface area contributed by atoms with Gasteiger partial charge in [-0.25, -0.2) is 4.98 Å². The van der Waals surface area contributed by atoms with Gasteiger partial charge < -0.3 is 15.2 Å². The number of anilines is 2. The maximum Gasteiger partial charge on any atom is 0.262 e. The highest BCUT2D eigenvalue weighted by molar-refractivity contribution is 6.23. The van der Waals surface area contributed by atoms with Crippen molar-refractivity contribution in [2.75, 3.05) is 29.9 Å². The maximum atomic E-state index is 13.3. The lowest BCUT2D eigenvalue weighted by molar-refractivity contribution is -0.136. The normalized spacial score (nSPS) is 21.2. The Morgan fingerprint density at radius 2 is 1.67 bits per heavy atom. The first-order chi connectivity index (χ1) is 25.2. The number of carbonyl (C=O) groups excluding carboxylic acids is 5. The van der Waals surface area contributed by atoms with E-state index in [-0.39, 0.29) is 18.7 Å². The monoisotopic (exact) mass is 701 g/mol. The fourth-order valence-electron chi connectivity index (χ4n) is 8.17. The molecule has 12 heteroatoms. The zero-order valence-electron chi connectivity index (χ0n) is 29.3. The minimum Gasteiger partial charge on any atom is -0.371 e. The predicted octanol–water partition coefficient (Wildman–Crippen LogP) is 5.05. The SMILES string of the molecule is C[C@H]1CCCN1Cc1nc2ccc(NC(=O)c3ccc(CCC4CCN(c5ccc6c(c5)C(=O)N(C5CCC(=O)NC5=O)C6=O)CC4)cc3)cc2[nH]1. The molecule has 12 nitrogen and oxygen atoms in total. The minimum atomic E-state index is -0.969. The van der Waals surface area contributed by atoms with Crippen LogP contribution < -0.4 is 15.5 Å². The van der Waals surface area contributed by atoms with Crippen molar-refractivity contribution < 1.29 is 24.0 Å². The van der Waals surface area contributed by atoms with Gasteiger partial charge in [0.25, 0.3) is 17.7 Å². The molecule has 1 aromatic heterocycles. The van der Waals surface area contributed by atoms with Crippen LogP contribution in [0.2, 0.25) is 0 Å². The van der Waals surface area contributed by atoms with Crippen molar-refractivity contribution in [3.63, 3.8) is 0 Å². The summed E-state index contributed by atoms with van der Waals surface area (Å²) < 4.78 is 0. The summed E-state index contributed by atoms with van der Waals surface area (Å²) >= 11 is 0. The molecule has 3 N–H and O–H groups in total. The maximum absolute atomic E-state index is 13.3. The number of nitrogens with zero attached hydrogens (tertiary/aromatic N) is 4. The van der Waals surface area contributed by atoms with Gasteiger partial charge in [-0.05, 0) is 118 Å². The second-order valence-corrected chi connectivity index (χ2v) is 14.7. The Hall–Kier alpha value is -5.36. The van der Waals surface area contributed by atoms with E-state index < -0.39 is 29.7 Å². The summed E-state index contributed by atoms with van der Waals surface area (Å²) in [6, 6.07) is 18.6.